The molecule has 0 saturated carbocycles. The van der Waals surface area contributed by atoms with Crippen LogP contribution >= 0.6 is 28.4 Å². The highest BCUT2D eigenvalue weighted by Crippen LogP contribution is 2.32. The van der Waals surface area contributed by atoms with Crippen molar-refractivity contribution < 1.29 is 10.2 Å². The van der Waals surface area contributed by atoms with Gasteiger partial charge in [0.2, 0.25) is 0 Å². The van der Waals surface area contributed by atoms with Crippen molar-refractivity contribution in [3.8, 4) is 0 Å². The van der Waals surface area contributed by atoms with Crippen LogP contribution in [0.2, 0.25) is 0 Å². The topological polar surface area (TPSA) is 58.3 Å². The van der Waals surface area contributed by atoms with E-state index in [0.717, 1.165) is 23.7 Å². The van der Waals surface area contributed by atoms with Crippen molar-refractivity contribution in [2.75, 3.05) is 13.2 Å². The van der Waals surface area contributed by atoms with Crippen LogP contribution in [0.15, 0.2) is 18.3 Å². The van der Waals surface area contributed by atoms with Crippen LogP contribution in [0.1, 0.15) is 29.9 Å². The summed E-state index contributed by atoms with van der Waals surface area (Å²) in [4.78, 5) is 0. The number of rotatable bonds is 6. The third kappa shape index (κ3) is 3.27. The highest BCUT2D eigenvalue weighted by Gasteiger charge is 2.15. The number of aryl methyl sites for hydroxylation is 1. The first-order chi connectivity index (χ1) is 9.21. The number of hydrogen-bond donors (Lipinski definition) is 2. The lowest BCUT2D eigenvalue weighted by Gasteiger charge is -2.17. The van der Waals surface area contributed by atoms with Gasteiger partial charge in [-0.05, 0) is 65.1 Å². The average Bonchev–Trinajstić information content (AvgIpc) is 2.81. The first-order valence-corrected chi connectivity index (χ1v) is 10.3. The fourth-order valence-corrected chi connectivity index (χ4v) is 3.93. The van der Waals surface area contributed by atoms with Gasteiger partial charge in [0.15, 0.2) is 0 Å². The summed E-state index contributed by atoms with van der Waals surface area (Å²) in [6.45, 7) is 2.36. The maximum atomic E-state index is 9.58. The molecule has 1 aromatic carbocycles. The van der Waals surface area contributed by atoms with E-state index < -0.39 is 0 Å². The first-order valence-electron chi connectivity index (χ1n) is 6.28. The van der Waals surface area contributed by atoms with Crippen molar-refractivity contribution in [1.82, 2.24) is 9.55 Å². The second-order valence-corrected chi connectivity index (χ2v) is 6.69. The third-order valence-corrected chi connectivity index (χ3v) is 5.29. The van der Waals surface area contributed by atoms with E-state index in [-0.39, 0.29) is 19.1 Å². The van der Waals surface area contributed by atoms with E-state index in [9.17, 15) is 5.11 Å². The Morgan fingerprint density at radius 1 is 1.42 bits per heavy atom. The molecule has 0 aliphatic heterocycles. The smallest absolute Gasteiger partial charge is 0.0732 e. The van der Waals surface area contributed by atoms with Crippen molar-refractivity contribution in [2.45, 2.75) is 25.7 Å². The molecular weight excluding hydrogens is 374 g/mol. The van der Waals surface area contributed by atoms with E-state index in [2.05, 4.69) is 46.2 Å². The number of benzene rings is 1. The van der Waals surface area contributed by atoms with E-state index in [4.69, 9.17) is 5.11 Å². The minimum absolute atomic E-state index is 0.0949. The molecule has 0 aliphatic carbocycles. The molecule has 0 bridgehead atoms. The SMILES string of the molecule is Cc1cc2cnn(PI)c2cc1C(CO)CCCO. The predicted molar refractivity (Wildman–Crippen MR) is 88.3 cm³/mol. The fraction of sp³-hybridized carbons (Fsp3) is 0.462. The van der Waals surface area contributed by atoms with Gasteiger partial charge in [-0.2, -0.15) is 5.10 Å². The molecule has 2 unspecified atom stereocenters. The molecule has 6 heteroatoms. The van der Waals surface area contributed by atoms with Crippen molar-refractivity contribution in [3.63, 3.8) is 0 Å². The molecular formula is C13H18IN2O2P. The van der Waals surface area contributed by atoms with Gasteiger partial charge in [0.05, 0.1) is 18.1 Å². The molecule has 2 rings (SSSR count). The molecule has 104 valence electrons. The number of nitrogens with zero attached hydrogens (tertiary/aromatic N) is 2. The number of aromatic nitrogens is 2. The lowest BCUT2D eigenvalue weighted by atomic mass is 9.91. The van der Waals surface area contributed by atoms with Gasteiger partial charge in [-0.15, -0.1) is 0 Å². The fourth-order valence-electron chi connectivity index (χ4n) is 2.39. The Morgan fingerprint density at radius 3 is 2.84 bits per heavy atom. The Kier molecular flexibility index (Phi) is 5.57. The highest BCUT2D eigenvalue weighted by molar-refractivity contribution is 14.2. The van der Waals surface area contributed by atoms with E-state index in [1.165, 1.54) is 11.1 Å². The maximum Gasteiger partial charge on any atom is 0.0732 e. The molecule has 0 aliphatic rings. The Labute approximate surface area is 127 Å². The summed E-state index contributed by atoms with van der Waals surface area (Å²) in [6.07, 6.45) is 3.98. The molecule has 0 fully saturated rings. The zero-order chi connectivity index (χ0) is 13.8. The predicted octanol–water partition coefficient (Wildman–Crippen LogP) is 2.98. The van der Waals surface area contributed by atoms with Crippen LogP contribution in [0.3, 0.4) is 0 Å². The number of aliphatic hydroxyl groups excluding tert-OH is 2. The van der Waals surface area contributed by atoms with E-state index in [1.54, 1.807) is 0 Å². The largest absolute Gasteiger partial charge is 0.396 e. The van der Waals surface area contributed by atoms with Crippen molar-refractivity contribution in [3.05, 3.63) is 29.5 Å². The van der Waals surface area contributed by atoms with Gasteiger partial charge in [0.25, 0.3) is 0 Å². The lowest BCUT2D eigenvalue weighted by Crippen LogP contribution is -2.07. The summed E-state index contributed by atoms with van der Waals surface area (Å²) in [5.74, 6) is 0.0949. The molecule has 2 atom stereocenters. The molecule has 0 amide bonds. The molecule has 1 aromatic heterocycles. The summed E-state index contributed by atoms with van der Waals surface area (Å²) in [5, 5.41) is 24.0. The van der Waals surface area contributed by atoms with Gasteiger partial charge in [-0.3, -0.25) is 0 Å². The molecule has 19 heavy (non-hydrogen) atoms. The molecule has 0 spiro atoms. The van der Waals surface area contributed by atoms with Crippen molar-refractivity contribution in [2.24, 2.45) is 0 Å². The second kappa shape index (κ2) is 6.97. The Bertz CT molecular complexity index is 559. The summed E-state index contributed by atoms with van der Waals surface area (Å²) < 4.78 is 1.99. The van der Waals surface area contributed by atoms with E-state index >= 15 is 0 Å². The second-order valence-electron chi connectivity index (χ2n) is 4.65. The minimum atomic E-state index is 0.0949. The molecule has 2 aromatic rings. The van der Waals surface area contributed by atoms with Crippen LogP contribution < -0.4 is 0 Å². The van der Waals surface area contributed by atoms with Gasteiger partial charge in [0.1, 0.15) is 0 Å². The minimum Gasteiger partial charge on any atom is -0.396 e. The summed E-state index contributed by atoms with van der Waals surface area (Å²) in [5.41, 5.74) is 3.47. The van der Waals surface area contributed by atoms with Crippen molar-refractivity contribution >= 4 is 39.3 Å². The zero-order valence-corrected chi connectivity index (χ0v) is 14.0. The molecule has 2 N–H and O–H groups in total. The maximum absolute atomic E-state index is 9.58. The van der Waals surface area contributed by atoms with Gasteiger partial charge in [-0.1, -0.05) is 0 Å². The van der Waals surface area contributed by atoms with E-state index in [1.807, 2.05) is 10.6 Å². The Morgan fingerprint density at radius 2 is 2.21 bits per heavy atom. The van der Waals surface area contributed by atoms with Gasteiger partial charge >= 0.3 is 0 Å². The normalized spacial score (nSPS) is 13.7. The molecule has 1 heterocycles. The van der Waals surface area contributed by atoms with Crippen LogP contribution in [0, 0.1) is 6.92 Å². The average molecular weight is 392 g/mol. The molecule has 0 saturated heterocycles. The standard InChI is InChI=1S/C13H18IN2O2P/c1-9-5-11-7-15-16(19-14)13(11)6-12(9)10(8-18)3-2-4-17/h5-7,10,17-19H,2-4,8H2,1H3. The monoisotopic (exact) mass is 392 g/mol. The number of fused-ring (bicyclic) bond motifs is 1. The van der Waals surface area contributed by atoms with Crippen LogP contribution in [-0.2, 0) is 0 Å². The summed E-state index contributed by atoms with van der Waals surface area (Å²) in [7, 11) is 0. The summed E-state index contributed by atoms with van der Waals surface area (Å²) >= 11 is 2.31. The number of hydrogen-bond acceptors (Lipinski definition) is 3. The zero-order valence-electron chi connectivity index (χ0n) is 10.8. The molecule has 4 nitrogen and oxygen atoms in total. The van der Waals surface area contributed by atoms with Crippen LogP contribution in [0.4, 0.5) is 0 Å². The van der Waals surface area contributed by atoms with Crippen LogP contribution in [-0.4, -0.2) is 33.0 Å². The Hall–Kier alpha value is -0.230. The third-order valence-electron chi connectivity index (χ3n) is 3.41. The number of aliphatic hydroxyl groups is 2. The van der Waals surface area contributed by atoms with Gasteiger partial charge in [0, 0.05) is 24.5 Å². The van der Waals surface area contributed by atoms with Crippen LogP contribution in [0.5, 0.6) is 0 Å². The number of halogens is 1. The summed E-state index contributed by atoms with van der Waals surface area (Å²) in [6, 6.07) is 4.27. The quantitative estimate of drug-likeness (QED) is 0.587. The Balaban J connectivity index is 2.42. The molecule has 0 radical (unpaired) electrons. The van der Waals surface area contributed by atoms with Crippen molar-refractivity contribution in [1.29, 1.82) is 0 Å². The first kappa shape index (κ1) is 15.2. The van der Waals surface area contributed by atoms with Gasteiger partial charge in [-0.25, -0.2) is 4.45 Å². The van der Waals surface area contributed by atoms with E-state index in [0.29, 0.717) is 6.37 Å². The highest BCUT2D eigenvalue weighted by atomic mass is 127. The lowest BCUT2D eigenvalue weighted by molar-refractivity contribution is 0.236. The van der Waals surface area contributed by atoms with Crippen LogP contribution in [0.25, 0.3) is 10.9 Å². The van der Waals surface area contributed by atoms with Gasteiger partial charge < -0.3 is 10.2 Å².